The molecule has 0 amide bonds. The summed E-state index contributed by atoms with van der Waals surface area (Å²) in [4.78, 5) is 0. The van der Waals surface area contributed by atoms with Gasteiger partial charge in [-0.3, -0.25) is 0 Å². The standard InChI is InChI=1S/C14H30S2/c1-2-3-4-5-6-7-8-9-10-11-13-16-14-12-15/h15H,2-14H2,1H3. The quantitative estimate of drug-likeness (QED) is 0.334. The first-order chi connectivity index (χ1) is 7.91. The highest BCUT2D eigenvalue weighted by atomic mass is 32.2. The molecule has 98 valence electrons. The minimum Gasteiger partial charge on any atom is -0.179 e. The highest BCUT2D eigenvalue weighted by Gasteiger charge is 1.92. The molecule has 0 rings (SSSR count). The van der Waals surface area contributed by atoms with Crippen LogP contribution in [0.2, 0.25) is 0 Å². The van der Waals surface area contributed by atoms with Crippen molar-refractivity contribution >= 4 is 24.4 Å². The predicted octanol–water partition coefficient (Wildman–Crippen LogP) is 5.57. The average Bonchev–Trinajstić information content (AvgIpc) is 2.31. The Labute approximate surface area is 113 Å². The summed E-state index contributed by atoms with van der Waals surface area (Å²) >= 11 is 6.26. The minimum atomic E-state index is 1.03. The zero-order valence-electron chi connectivity index (χ0n) is 11.0. The smallest absolute Gasteiger partial charge is 0.00210 e. The Morgan fingerprint density at radius 3 is 1.69 bits per heavy atom. The lowest BCUT2D eigenvalue weighted by Crippen LogP contribution is -1.86. The molecule has 0 atom stereocenters. The van der Waals surface area contributed by atoms with Gasteiger partial charge in [-0.1, -0.05) is 64.7 Å². The molecule has 0 aromatic rings. The normalized spacial score (nSPS) is 10.9. The lowest BCUT2D eigenvalue weighted by atomic mass is 10.1. The summed E-state index contributed by atoms with van der Waals surface area (Å²) in [7, 11) is 0. The van der Waals surface area contributed by atoms with E-state index >= 15 is 0 Å². The van der Waals surface area contributed by atoms with Gasteiger partial charge in [0.05, 0.1) is 0 Å². The molecular formula is C14H30S2. The van der Waals surface area contributed by atoms with Crippen LogP contribution < -0.4 is 0 Å². The Kier molecular flexibility index (Phi) is 16.4. The summed E-state index contributed by atoms with van der Waals surface area (Å²) in [6.07, 6.45) is 14.4. The Morgan fingerprint density at radius 1 is 0.688 bits per heavy atom. The van der Waals surface area contributed by atoms with E-state index in [4.69, 9.17) is 0 Å². The second-order valence-electron chi connectivity index (χ2n) is 4.52. The number of hydrogen-bond acceptors (Lipinski definition) is 2. The van der Waals surface area contributed by atoms with Crippen molar-refractivity contribution < 1.29 is 0 Å². The third kappa shape index (κ3) is 14.7. The molecular weight excluding hydrogens is 232 g/mol. The van der Waals surface area contributed by atoms with Crippen LogP contribution in [-0.2, 0) is 0 Å². The van der Waals surface area contributed by atoms with E-state index in [1.807, 2.05) is 0 Å². The molecule has 0 aliphatic rings. The van der Waals surface area contributed by atoms with Crippen molar-refractivity contribution in [2.45, 2.75) is 71.1 Å². The molecule has 0 bridgehead atoms. The second-order valence-corrected chi connectivity index (χ2v) is 6.19. The molecule has 0 heterocycles. The highest BCUT2D eigenvalue weighted by Crippen LogP contribution is 2.12. The molecule has 0 aliphatic heterocycles. The van der Waals surface area contributed by atoms with Crippen LogP contribution in [0.15, 0.2) is 0 Å². The van der Waals surface area contributed by atoms with Gasteiger partial charge in [0, 0.05) is 5.75 Å². The van der Waals surface area contributed by atoms with Crippen molar-refractivity contribution in [1.82, 2.24) is 0 Å². The van der Waals surface area contributed by atoms with E-state index in [-0.39, 0.29) is 0 Å². The van der Waals surface area contributed by atoms with Gasteiger partial charge in [0.1, 0.15) is 0 Å². The summed E-state index contributed by atoms with van der Waals surface area (Å²) in [6, 6.07) is 0. The molecule has 16 heavy (non-hydrogen) atoms. The maximum atomic E-state index is 4.21. The van der Waals surface area contributed by atoms with Crippen molar-refractivity contribution in [3.8, 4) is 0 Å². The van der Waals surface area contributed by atoms with Crippen LogP contribution in [0.4, 0.5) is 0 Å². The van der Waals surface area contributed by atoms with Crippen LogP contribution >= 0.6 is 24.4 Å². The van der Waals surface area contributed by atoms with E-state index in [2.05, 4.69) is 31.3 Å². The Hall–Kier alpha value is 0.700. The molecule has 0 aliphatic carbocycles. The summed E-state index contributed by atoms with van der Waals surface area (Å²) in [5.74, 6) is 3.60. The number of unbranched alkanes of at least 4 members (excludes halogenated alkanes) is 9. The monoisotopic (exact) mass is 262 g/mol. The van der Waals surface area contributed by atoms with Gasteiger partial charge in [0.2, 0.25) is 0 Å². The van der Waals surface area contributed by atoms with Crippen LogP contribution in [0.1, 0.15) is 71.1 Å². The summed E-state index contributed by atoms with van der Waals surface area (Å²) in [5.41, 5.74) is 0. The fourth-order valence-corrected chi connectivity index (χ4v) is 2.99. The van der Waals surface area contributed by atoms with Gasteiger partial charge in [0.25, 0.3) is 0 Å². The zero-order valence-corrected chi connectivity index (χ0v) is 12.8. The van der Waals surface area contributed by atoms with E-state index < -0.39 is 0 Å². The Balaban J connectivity index is 2.83. The predicted molar refractivity (Wildman–Crippen MR) is 83.0 cm³/mol. The Bertz CT molecular complexity index is 101. The lowest BCUT2D eigenvalue weighted by Gasteiger charge is -2.02. The van der Waals surface area contributed by atoms with E-state index in [0.717, 1.165) is 5.75 Å². The van der Waals surface area contributed by atoms with Crippen LogP contribution in [0, 0.1) is 0 Å². The van der Waals surface area contributed by atoms with Gasteiger partial charge in [-0.05, 0) is 17.9 Å². The van der Waals surface area contributed by atoms with Crippen molar-refractivity contribution in [2.75, 3.05) is 17.3 Å². The van der Waals surface area contributed by atoms with Gasteiger partial charge >= 0.3 is 0 Å². The highest BCUT2D eigenvalue weighted by molar-refractivity contribution is 7.99. The SMILES string of the molecule is CCCCCCCCCCCCSCCS. The first-order valence-electron chi connectivity index (χ1n) is 7.10. The van der Waals surface area contributed by atoms with Gasteiger partial charge in [-0.2, -0.15) is 24.4 Å². The molecule has 0 unspecified atom stereocenters. The number of hydrogen-bond donors (Lipinski definition) is 1. The maximum Gasteiger partial charge on any atom is 0.00210 e. The molecule has 2 heteroatoms. The van der Waals surface area contributed by atoms with Gasteiger partial charge in [-0.15, -0.1) is 0 Å². The fraction of sp³-hybridized carbons (Fsp3) is 1.00. The van der Waals surface area contributed by atoms with E-state index in [0.29, 0.717) is 0 Å². The second kappa shape index (κ2) is 15.7. The van der Waals surface area contributed by atoms with Gasteiger partial charge < -0.3 is 0 Å². The molecule has 0 spiro atoms. The maximum absolute atomic E-state index is 4.21. The molecule has 0 N–H and O–H groups in total. The number of thiol groups is 1. The van der Waals surface area contributed by atoms with Crippen LogP contribution in [0.5, 0.6) is 0 Å². The Morgan fingerprint density at radius 2 is 1.19 bits per heavy atom. The number of rotatable bonds is 13. The molecule has 0 aromatic carbocycles. The topological polar surface area (TPSA) is 0 Å². The third-order valence-corrected chi connectivity index (χ3v) is 4.47. The van der Waals surface area contributed by atoms with E-state index in [1.165, 1.54) is 75.7 Å². The number of thioether (sulfide) groups is 1. The minimum absolute atomic E-state index is 1.03. The lowest BCUT2D eigenvalue weighted by molar-refractivity contribution is 0.563. The van der Waals surface area contributed by atoms with Crippen molar-refractivity contribution in [1.29, 1.82) is 0 Å². The first kappa shape index (κ1) is 16.7. The fourth-order valence-electron chi connectivity index (χ4n) is 1.86. The van der Waals surface area contributed by atoms with Crippen molar-refractivity contribution in [2.24, 2.45) is 0 Å². The summed E-state index contributed by atoms with van der Waals surface area (Å²) < 4.78 is 0. The first-order valence-corrected chi connectivity index (χ1v) is 8.89. The van der Waals surface area contributed by atoms with Crippen LogP contribution in [0.25, 0.3) is 0 Å². The summed E-state index contributed by atoms with van der Waals surface area (Å²) in [6.45, 7) is 2.28. The van der Waals surface area contributed by atoms with Crippen LogP contribution in [-0.4, -0.2) is 17.3 Å². The molecule has 0 radical (unpaired) electrons. The van der Waals surface area contributed by atoms with Crippen molar-refractivity contribution in [3.05, 3.63) is 0 Å². The van der Waals surface area contributed by atoms with Crippen LogP contribution in [0.3, 0.4) is 0 Å². The summed E-state index contributed by atoms with van der Waals surface area (Å²) in [5, 5.41) is 0. The molecule has 0 saturated heterocycles. The molecule has 0 aromatic heterocycles. The molecule has 0 nitrogen and oxygen atoms in total. The van der Waals surface area contributed by atoms with Gasteiger partial charge in [0.15, 0.2) is 0 Å². The molecule has 0 fully saturated rings. The largest absolute Gasteiger partial charge is 0.179 e. The molecule has 0 saturated carbocycles. The van der Waals surface area contributed by atoms with E-state index in [1.54, 1.807) is 0 Å². The average molecular weight is 263 g/mol. The zero-order chi connectivity index (χ0) is 11.9. The van der Waals surface area contributed by atoms with E-state index in [9.17, 15) is 0 Å². The van der Waals surface area contributed by atoms with Crippen molar-refractivity contribution in [3.63, 3.8) is 0 Å². The van der Waals surface area contributed by atoms with Gasteiger partial charge in [-0.25, -0.2) is 0 Å². The third-order valence-electron chi connectivity index (χ3n) is 2.88.